The lowest BCUT2D eigenvalue weighted by molar-refractivity contribution is -0.135. The van der Waals surface area contributed by atoms with E-state index in [1.807, 2.05) is 11.0 Å². The number of rotatable bonds is 7. The van der Waals surface area contributed by atoms with Crippen molar-refractivity contribution in [3.05, 3.63) is 59.9 Å². The molecule has 2 amide bonds. The van der Waals surface area contributed by atoms with Crippen LogP contribution in [0.15, 0.2) is 53.4 Å². The van der Waals surface area contributed by atoms with Crippen molar-refractivity contribution < 1.29 is 14.0 Å². The van der Waals surface area contributed by atoms with Gasteiger partial charge in [-0.3, -0.25) is 9.59 Å². The third-order valence-electron chi connectivity index (χ3n) is 5.42. The van der Waals surface area contributed by atoms with Gasteiger partial charge < -0.3 is 15.1 Å². The molecule has 3 rings (SSSR count). The SMILES string of the molecule is CC(=O)NC(CSc1ccc(C(C)C)cc1)C(=O)N1CCN(c2ccccc2F)CC1. The van der Waals surface area contributed by atoms with Gasteiger partial charge in [-0.2, -0.15) is 0 Å². The van der Waals surface area contributed by atoms with E-state index >= 15 is 0 Å². The summed E-state index contributed by atoms with van der Waals surface area (Å²) >= 11 is 1.56. The maximum absolute atomic E-state index is 14.1. The molecule has 1 aliphatic rings. The first-order chi connectivity index (χ1) is 14.8. The van der Waals surface area contributed by atoms with Crippen LogP contribution in [-0.4, -0.2) is 54.7 Å². The minimum atomic E-state index is -0.590. The van der Waals surface area contributed by atoms with Gasteiger partial charge in [0, 0.05) is 43.8 Å². The molecule has 0 aromatic heterocycles. The molecule has 31 heavy (non-hydrogen) atoms. The number of halogens is 1. The lowest BCUT2D eigenvalue weighted by Gasteiger charge is -2.37. The van der Waals surface area contributed by atoms with Crippen LogP contribution in [0.5, 0.6) is 0 Å². The molecule has 5 nitrogen and oxygen atoms in total. The molecular formula is C24H30FN3O2S. The average molecular weight is 444 g/mol. The van der Waals surface area contributed by atoms with Crippen molar-refractivity contribution in [3.63, 3.8) is 0 Å². The first-order valence-electron chi connectivity index (χ1n) is 10.6. The number of carbonyl (C=O) groups is 2. The number of nitrogens with zero attached hydrogens (tertiary/aromatic N) is 2. The van der Waals surface area contributed by atoms with E-state index in [4.69, 9.17) is 0 Å². The highest BCUT2D eigenvalue weighted by molar-refractivity contribution is 7.99. The highest BCUT2D eigenvalue weighted by atomic mass is 32.2. The van der Waals surface area contributed by atoms with Crippen molar-refractivity contribution in [2.45, 2.75) is 37.6 Å². The molecule has 0 spiro atoms. The van der Waals surface area contributed by atoms with E-state index in [2.05, 4.69) is 43.4 Å². The summed E-state index contributed by atoms with van der Waals surface area (Å²) in [6.45, 7) is 7.85. The van der Waals surface area contributed by atoms with Crippen molar-refractivity contribution in [1.29, 1.82) is 0 Å². The van der Waals surface area contributed by atoms with E-state index in [1.54, 1.807) is 28.8 Å². The number of benzene rings is 2. The third-order valence-corrected chi connectivity index (χ3v) is 6.53. The third kappa shape index (κ3) is 6.23. The molecule has 0 saturated carbocycles. The van der Waals surface area contributed by atoms with Gasteiger partial charge in [0.2, 0.25) is 11.8 Å². The molecule has 1 aliphatic heterocycles. The van der Waals surface area contributed by atoms with Gasteiger partial charge in [-0.25, -0.2) is 4.39 Å². The molecule has 0 bridgehead atoms. The molecule has 166 valence electrons. The van der Waals surface area contributed by atoms with Crippen LogP contribution in [0.1, 0.15) is 32.3 Å². The first-order valence-corrected chi connectivity index (χ1v) is 11.6. The van der Waals surface area contributed by atoms with Crippen LogP contribution < -0.4 is 10.2 Å². The number of anilines is 1. The van der Waals surface area contributed by atoms with E-state index < -0.39 is 6.04 Å². The monoisotopic (exact) mass is 443 g/mol. The normalized spacial score (nSPS) is 15.1. The fraction of sp³-hybridized carbons (Fsp3) is 0.417. The lowest BCUT2D eigenvalue weighted by Crippen LogP contribution is -2.55. The second kappa shape index (κ2) is 10.7. The molecule has 1 saturated heterocycles. The van der Waals surface area contributed by atoms with Gasteiger partial charge in [0.1, 0.15) is 11.9 Å². The predicted octanol–water partition coefficient (Wildman–Crippen LogP) is 3.89. The molecule has 0 radical (unpaired) electrons. The van der Waals surface area contributed by atoms with Gasteiger partial charge in [0.15, 0.2) is 0 Å². The average Bonchev–Trinajstić information content (AvgIpc) is 2.76. The quantitative estimate of drug-likeness (QED) is 0.660. The summed E-state index contributed by atoms with van der Waals surface area (Å²) in [5.74, 6) is 0.371. The second-order valence-electron chi connectivity index (χ2n) is 8.05. The molecule has 1 unspecified atom stereocenters. The van der Waals surface area contributed by atoms with Gasteiger partial charge in [-0.05, 0) is 35.7 Å². The molecule has 1 N–H and O–H groups in total. The molecule has 2 aromatic carbocycles. The van der Waals surface area contributed by atoms with Crippen LogP contribution in [-0.2, 0) is 9.59 Å². The maximum atomic E-state index is 14.1. The number of amides is 2. The molecule has 7 heteroatoms. The van der Waals surface area contributed by atoms with Gasteiger partial charge >= 0.3 is 0 Å². The van der Waals surface area contributed by atoms with Gasteiger partial charge in [-0.15, -0.1) is 11.8 Å². The Labute approximate surface area is 188 Å². The summed E-state index contributed by atoms with van der Waals surface area (Å²) in [7, 11) is 0. The Morgan fingerprint density at radius 2 is 1.68 bits per heavy atom. The van der Waals surface area contributed by atoms with E-state index in [0.29, 0.717) is 43.5 Å². The van der Waals surface area contributed by atoms with Crippen molar-refractivity contribution in [2.75, 3.05) is 36.8 Å². The topological polar surface area (TPSA) is 52.7 Å². The van der Waals surface area contributed by atoms with Crippen LogP contribution >= 0.6 is 11.8 Å². The molecule has 0 aliphatic carbocycles. The minimum Gasteiger partial charge on any atom is -0.366 e. The molecule has 1 fully saturated rings. The van der Waals surface area contributed by atoms with Crippen molar-refractivity contribution in [2.24, 2.45) is 0 Å². The molecular weight excluding hydrogens is 413 g/mol. The molecule has 2 aromatic rings. The highest BCUT2D eigenvalue weighted by Crippen LogP contribution is 2.24. The van der Waals surface area contributed by atoms with Crippen LogP contribution in [0.25, 0.3) is 0 Å². The lowest BCUT2D eigenvalue weighted by atomic mass is 10.0. The number of hydrogen-bond donors (Lipinski definition) is 1. The minimum absolute atomic E-state index is 0.0883. The Morgan fingerprint density at radius 3 is 2.26 bits per heavy atom. The van der Waals surface area contributed by atoms with Crippen LogP contribution in [0.4, 0.5) is 10.1 Å². The standard InChI is InChI=1S/C24H30FN3O2S/c1-17(2)19-8-10-20(11-9-19)31-16-22(26-18(3)29)24(30)28-14-12-27(13-15-28)23-7-5-4-6-21(23)25/h4-11,17,22H,12-16H2,1-3H3,(H,26,29). The molecule has 1 heterocycles. The fourth-order valence-corrected chi connectivity index (χ4v) is 4.56. The zero-order chi connectivity index (χ0) is 22.4. The van der Waals surface area contributed by atoms with Crippen molar-refractivity contribution in [3.8, 4) is 0 Å². The van der Waals surface area contributed by atoms with E-state index in [0.717, 1.165) is 4.90 Å². The van der Waals surface area contributed by atoms with E-state index in [-0.39, 0.29) is 17.6 Å². The Hall–Kier alpha value is -2.54. The number of carbonyl (C=O) groups excluding carboxylic acids is 2. The van der Waals surface area contributed by atoms with E-state index in [1.165, 1.54) is 18.6 Å². The summed E-state index contributed by atoms with van der Waals surface area (Å²) in [6.07, 6.45) is 0. The summed E-state index contributed by atoms with van der Waals surface area (Å²) in [5.41, 5.74) is 1.83. The first kappa shape index (κ1) is 23.1. The number of nitrogens with one attached hydrogen (secondary N) is 1. The Morgan fingerprint density at radius 1 is 1.03 bits per heavy atom. The number of piperazine rings is 1. The van der Waals surface area contributed by atoms with Crippen LogP contribution in [0.2, 0.25) is 0 Å². The van der Waals surface area contributed by atoms with Crippen molar-refractivity contribution >= 4 is 29.3 Å². The smallest absolute Gasteiger partial charge is 0.246 e. The second-order valence-corrected chi connectivity index (χ2v) is 9.15. The number of hydrogen-bond acceptors (Lipinski definition) is 4. The van der Waals surface area contributed by atoms with Crippen LogP contribution in [0, 0.1) is 5.82 Å². The van der Waals surface area contributed by atoms with Gasteiger partial charge in [0.25, 0.3) is 0 Å². The van der Waals surface area contributed by atoms with Gasteiger partial charge in [0.05, 0.1) is 5.69 Å². The largest absolute Gasteiger partial charge is 0.366 e. The summed E-state index contributed by atoms with van der Waals surface area (Å²) in [5, 5.41) is 2.80. The Kier molecular flexibility index (Phi) is 7.96. The maximum Gasteiger partial charge on any atom is 0.246 e. The van der Waals surface area contributed by atoms with E-state index in [9.17, 15) is 14.0 Å². The zero-order valence-corrected chi connectivity index (χ0v) is 19.1. The zero-order valence-electron chi connectivity index (χ0n) is 18.3. The fourth-order valence-electron chi connectivity index (χ4n) is 3.64. The van der Waals surface area contributed by atoms with Gasteiger partial charge in [-0.1, -0.05) is 38.1 Å². The van der Waals surface area contributed by atoms with Crippen molar-refractivity contribution in [1.82, 2.24) is 10.2 Å². The Balaban J connectivity index is 1.59. The Bertz CT molecular complexity index is 896. The van der Waals surface area contributed by atoms with Crippen LogP contribution in [0.3, 0.4) is 0 Å². The predicted molar refractivity (Wildman–Crippen MR) is 124 cm³/mol. The number of para-hydroxylation sites is 1. The highest BCUT2D eigenvalue weighted by Gasteiger charge is 2.29. The molecule has 1 atom stereocenters. The summed E-state index contributed by atoms with van der Waals surface area (Å²) in [6, 6.07) is 14.4. The number of thioether (sulfide) groups is 1. The summed E-state index contributed by atoms with van der Waals surface area (Å²) < 4.78 is 14.1. The summed E-state index contributed by atoms with van der Waals surface area (Å²) in [4.78, 5) is 29.6.